The third-order valence-corrected chi connectivity index (χ3v) is 9.54. The molecule has 0 unspecified atom stereocenters. The molecule has 2 aliphatic heterocycles. The van der Waals surface area contributed by atoms with E-state index in [1.165, 1.54) is 11.9 Å². The van der Waals surface area contributed by atoms with Gasteiger partial charge in [0.25, 0.3) is 11.8 Å². The van der Waals surface area contributed by atoms with Crippen LogP contribution in [0.15, 0.2) is 35.9 Å². The molecule has 0 aromatic heterocycles. The number of ether oxygens (including phenoxy) is 1. The Labute approximate surface area is 219 Å². The van der Waals surface area contributed by atoms with Gasteiger partial charge in [0.2, 0.25) is 11.8 Å². The number of para-hydroxylation sites is 1. The highest BCUT2D eigenvalue weighted by atomic mass is 35.5. The van der Waals surface area contributed by atoms with Crippen molar-refractivity contribution >= 4 is 46.8 Å². The highest BCUT2D eigenvalue weighted by molar-refractivity contribution is 6.53. The molecule has 36 heavy (non-hydrogen) atoms. The van der Waals surface area contributed by atoms with Crippen molar-refractivity contribution in [3.63, 3.8) is 0 Å². The molecule has 4 amide bonds. The summed E-state index contributed by atoms with van der Waals surface area (Å²) in [5, 5.41) is 9.33. The fourth-order valence-electron chi connectivity index (χ4n) is 6.60. The van der Waals surface area contributed by atoms with Crippen molar-refractivity contribution in [3.8, 4) is 5.75 Å². The van der Waals surface area contributed by atoms with Crippen molar-refractivity contribution in [1.29, 1.82) is 0 Å². The van der Waals surface area contributed by atoms with E-state index in [2.05, 4.69) is 0 Å². The Morgan fingerprint density at radius 3 is 2.50 bits per heavy atom. The van der Waals surface area contributed by atoms with Crippen LogP contribution >= 0.6 is 23.2 Å². The number of aliphatic hydroxyl groups is 1. The molecule has 1 aromatic carbocycles. The lowest BCUT2D eigenvalue weighted by Gasteiger charge is -2.51. The van der Waals surface area contributed by atoms with Crippen molar-refractivity contribution < 1.29 is 29.0 Å². The number of hydrogen-bond acceptors (Lipinski definition) is 6. The van der Waals surface area contributed by atoms with Gasteiger partial charge in [-0.25, -0.2) is 0 Å². The van der Waals surface area contributed by atoms with Crippen LogP contribution in [-0.4, -0.2) is 75.1 Å². The zero-order valence-electron chi connectivity index (χ0n) is 20.1. The second kappa shape index (κ2) is 8.85. The summed E-state index contributed by atoms with van der Waals surface area (Å²) in [5.41, 5.74) is 1.26. The van der Waals surface area contributed by atoms with Gasteiger partial charge in [0, 0.05) is 25.1 Å². The summed E-state index contributed by atoms with van der Waals surface area (Å²) in [4.78, 5) is 52.3. The zero-order valence-corrected chi connectivity index (χ0v) is 21.6. The van der Waals surface area contributed by atoms with E-state index < -0.39 is 45.2 Å². The number of aliphatic hydroxyl groups excluding tert-OH is 1. The minimum atomic E-state index is -1.86. The highest BCUT2D eigenvalue weighted by Crippen LogP contribution is 2.65. The van der Waals surface area contributed by atoms with Gasteiger partial charge in [-0.1, -0.05) is 36.8 Å². The quantitative estimate of drug-likeness (QED) is 0.341. The number of allylic oxidation sites excluding steroid dienone is 2. The summed E-state index contributed by atoms with van der Waals surface area (Å²) in [6.45, 7) is 2.04. The van der Waals surface area contributed by atoms with Crippen LogP contribution in [0.3, 0.4) is 0 Å². The topological polar surface area (TPSA) is 104 Å². The van der Waals surface area contributed by atoms with E-state index in [-0.39, 0.29) is 31.4 Å². The molecule has 6 atom stereocenters. The first-order chi connectivity index (χ1) is 17.1. The summed E-state index contributed by atoms with van der Waals surface area (Å²) < 4.78 is 5.79. The lowest BCUT2D eigenvalue weighted by Crippen LogP contribution is -2.60. The number of halogens is 2. The van der Waals surface area contributed by atoms with Crippen LogP contribution in [0.2, 0.25) is 0 Å². The number of alkyl halides is 2. The summed E-state index contributed by atoms with van der Waals surface area (Å²) in [6, 6.07) is 6.99. The number of hydrogen-bond donors (Lipinski definition) is 1. The fraction of sp³-hybridized carbons (Fsp3) is 0.538. The number of benzene rings is 1. The predicted molar refractivity (Wildman–Crippen MR) is 132 cm³/mol. The number of rotatable bonds is 6. The zero-order chi connectivity index (χ0) is 26.0. The van der Waals surface area contributed by atoms with E-state index in [0.717, 1.165) is 10.5 Å². The van der Waals surface area contributed by atoms with Gasteiger partial charge >= 0.3 is 0 Å². The number of carbonyl (C=O) groups is 4. The van der Waals surface area contributed by atoms with Crippen LogP contribution < -0.4 is 4.74 Å². The minimum Gasteiger partial charge on any atom is -0.491 e. The molecule has 3 fully saturated rings. The number of carbonyl (C=O) groups excluding carboxylic acids is 4. The lowest BCUT2D eigenvalue weighted by atomic mass is 9.56. The Morgan fingerprint density at radius 1 is 1.08 bits per heavy atom. The second-order valence-electron chi connectivity index (χ2n) is 9.94. The van der Waals surface area contributed by atoms with E-state index in [9.17, 15) is 24.3 Å². The van der Waals surface area contributed by atoms with E-state index >= 15 is 0 Å². The van der Waals surface area contributed by atoms with E-state index in [0.29, 0.717) is 30.7 Å². The third kappa shape index (κ3) is 3.17. The first-order valence-electron chi connectivity index (χ1n) is 12.2. The van der Waals surface area contributed by atoms with Gasteiger partial charge in [-0.15, -0.1) is 23.2 Å². The van der Waals surface area contributed by atoms with Crippen LogP contribution in [0.25, 0.3) is 0 Å². The van der Waals surface area contributed by atoms with Crippen molar-refractivity contribution in [2.45, 2.75) is 41.9 Å². The van der Waals surface area contributed by atoms with Crippen molar-refractivity contribution in [3.05, 3.63) is 41.5 Å². The summed E-state index contributed by atoms with van der Waals surface area (Å²) >= 11 is 14.3. The number of likely N-dealkylation sites (tertiary alicyclic amines) is 2. The molecule has 1 aromatic rings. The van der Waals surface area contributed by atoms with Gasteiger partial charge in [-0.3, -0.25) is 29.0 Å². The average molecular weight is 535 g/mol. The largest absolute Gasteiger partial charge is 0.491 e. The SMILES string of the molecule is CCCN1C(=O)[C@H]2[C@H](CC=C3[C@H]2C[C@@]2(Cl)C(=O)N(C)C(=O)[C@@]2(Cl)[C@H]3c2ccccc2OCCO)C1=O. The van der Waals surface area contributed by atoms with Gasteiger partial charge in [-0.05, 0) is 31.2 Å². The Balaban J connectivity index is 1.71. The molecule has 0 radical (unpaired) electrons. The molecule has 1 N–H and O–H groups in total. The highest BCUT2D eigenvalue weighted by Gasteiger charge is 2.76. The molecule has 0 spiro atoms. The van der Waals surface area contributed by atoms with E-state index in [4.69, 9.17) is 27.9 Å². The van der Waals surface area contributed by atoms with Gasteiger partial charge in [-0.2, -0.15) is 0 Å². The van der Waals surface area contributed by atoms with Gasteiger partial charge in [0.1, 0.15) is 12.4 Å². The molecule has 4 aliphatic rings. The molecule has 0 bridgehead atoms. The first-order valence-corrected chi connectivity index (χ1v) is 13.0. The number of fused-ring (bicyclic) bond motifs is 4. The molecule has 2 heterocycles. The summed E-state index contributed by atoms with van der Waals surface area (Å²) in [6.07, 6.45) is 2.84. The Hall–Kier alpha value is -2.42. The van der Waals surface area contributed by atoms with Crippen molar-refractivity contribution in [1.82, 2.24) is 9.80 Å². The fourth-order valence-corrected chi connectivity index (χ4v) is 7.62. The first kappa shape index (κ1) is 25.2. The maximum Gasteiger partial charge on any atom is 0.253 e. The van der Waals surface area contributed by atoms with Crippen molar-refractivity contribution in [2.24, 2.45) is 17.8 Å². The lowest BCUT2D eigenvalue weighted by molar-refractivity contribution is -0.141. The molecular formula is C26H28Cl2N2O6. The molecule has 10 heteroatoms. The second-order valence-corrected chi connectivity index (χ2v) is 11.2. The Kier molecular flexibility index (Phi) is 6.21. The molecule has 1 saturated carbocycles. The monoisotopic (exact) mass is 534 g/mol. The predicted octanol–water partition coefficient (Wildman–Crippen LogP) is 2.46. The molecule has 192 valence electrons. The van der Waals surface area contributed by atoms with Crippen LogP contribution in [0.4, 0.5) is 0 Å². The number of nitrogens with zero attached hydrogens (tertiary/aromatic N) is 2. The van der Waals surface area contributed by atoms with Crippen LogP contribution in [-0.2, 0) is 19.2 Å². The molecule has 2 saturated heterocycles. The maximum absolute atomic E-state index is 13.6. The van der Waals surface area contributed by atoms with Crippen LogP contribution in [0, 0.1) is 17.8 Å². The maximum atomic E-state index is 13.6. The summed E-state index contributed by atoms with van der Waals surface area (Å²) in [5.74, 6) is -3.95. The third-order valence-electron chi connectivity index (χ3n) is 8.13. The minimum absolute atomic E-state index is 0.0178. The van der Waals surface area contributed by atoms with Crippen LogP contribution in [0.1, 0.15) is 37.7 Å². The van der Waals surface area contributed by atoms with Gasteiger partial charge in [0.15, 0.2) is 9.75 Å². The van der Waals surface area contributed by atoms with Crippen LogP contribution in [0.5, 0.6) is 5.75 Å². The average Bonchev–Trinajstić information content (AvgIpc) is 3.18. The van der Waals surface area contributed by atoms with Gasteiger partial charge in [0.05, 0.1) is 18.4 Å². The van der Waals surface area contributed by atoms with E-state index in [1.54, 1.807) is 24.3 Å². The normalized spacial score (nSPS) is 35.5. The van der Waals surface area contributed by atoms with E-state index in [1.807, 2.05) is 13.0 Å². The number of amides is 4. The molecule has 5 rings (SSSR count). The molecule has 8 nitrogen and oxygen atoms in total. The Bertz CT molecular complexity index is 1190. The van der Waals surface area contributed by atoms with Gasteiger partial charge < -0.3 is 9.84 Å². The standard InChI is InChI=1S/C26H28Cl2N2O6/c1-3-10-30-21(32)16-9-8-14-17(19(16)22(30)33)13-25(27)23(34)29(2)24(35)26(25,28)20(14)15-6-4-5-7-18(15)36-12-11-31/h4-8,16-17,19-20,31H,3,9-13H2,1-2H3/t16-,17+,19-,20+,25+,26-/m0/s1. The smallest absolute Gasteiger partial charge is 0.253 e. The number of imide groups is 2. The Morgan fingerprint density at radius 2 is 1.81 bits per heavy atom. The molecule has 2 aliphatic carbocycles. The van der Waals surface area contributed by atoms with Crippen molar-refractivity contribution in [2.75, 3.05) is 26.8 Å². The summed E-state index contributed by atoms with van der Waals surface area (Å²) in [7, 11) is 1.36. The molecular weight excluding hydrogens is 507 g/mol.